The molecule has 5 nitrogen and oxygen atoms in total. The lowest BCUT2D eigenvalue weighted by atomic mass is 10.2. The second-order valence-corrected chi connectivity index (χ2v) is 4.33. The molecule has 0 saturated heterocycles. The summed E-state index contributed by atoms with van der Waals surface area (Å²) in [6.07, 6.45) is -1.30. The van der Waals surface area contributed by atoms with Gasteiger partial charge in [0.2, 0.25) is 0 Å². The van der Waals surface area contributed by atoms with Gasteiger partial charge in [0, 0.05) is 12.4 Å². The molecule has 1 aromatic carbocycles. The van der Waals surface area contributed by atoms with Crippen LogP contribution in [0.1, 0.15) is 0 Å². The van der Waals surface area contributed by atoms with Gasteiger partial charge < -0.3 is 9.30 Å². The van der Waals surface area contributed by atoms with Crippen molar-refractivity contribution >= 4 is 23.4 Å². The van der Waals surface area contributed by atoms with Crippen molar-refractivity contribution < 1.29 is 22.7 Å². The SMILES string of the molecule is O=C(Nc1cccc(Cl)c1-n1ccnc1)OCC(F)(F)F. The molecule has 0 radical (unpaired) electrons. The molecule has 112 valence electrons. The standard InChI is InChI=1S/C12H9ClF3N3O2/c13-8-2-1-3-9(10(8)19-5-4-17-7-19)18-11(20)21-6-12(14,15)16/h1-5,7H,6H2,(H,18,20). The highest BCUT2D eigenvalue weighted by Crippen LogP contribution is 2.28. The zero-order valence-electron chi connectivity index (χ0n) is 10.4. The van der Waals surface area contributed by atoms with Crippen LogP contribution in [0.5, 0.6) is 0 Å². The number of halogens is 4. The number of alkyl halides is 3. The molecule has 21 heavy (non-hydrogen) atoms. The maximum atomic E-state index is 12.0. The van der Waals surface area contributed by atoms with E-state index in [4.69, 9.17) is 11.6 Å². The first kappa shape index (κ1) is 15.2. The van der Waals surface area contributed by atoms with Crippen molar-refractivity contribution in [1.29, 1.82) is 0 Å². The maximum absolute atomic E-state index is 12.0. The van der Waals surface area contributed by atoms with Crippen LogP contribution in [0.4, 0.5) is 23.7 Å². The number of rotatable bonds is 3. The molecule has 2 aromatic rings. The quantitative estimate of drug-likeness (QED) is 0.939. The van der Waals surface area contributed by atoms with Gasteiger partial charge in [-0.3, -0.25) is 5.32 Å². The number of benzene rings is 1. The highest BCUT2D eigenvalue weighted by Gasteiger charge is 2.29. The van der Waals surface area contributed by atoms with Gasteiger partial charge in [0.15, 0.2) is 6.61 Å². The summed E-state index contributed by atoms with van der Waals surface area (Å²) in [6, 6.07) is 4.60. The average molecular weight is 320 g/mol. The van der Waals surface area contributed by atoms with Gasteiger partial charge in [-0.2, -0.15) is 13.2 Å². The van der Waals surface area contributed by atoms with Crippen LogP contribution >= 0.6 is 11.6 Å². The summed E-state index contributed by atoms with van der Waals surface area (Å²) in [5, 5.41) is 2.51. The molecule has 1 N–H and O–H groups in total. The summed E-state index contributed by atoms with van der Waals surface area (Å²) in [6.45, 7) is -1.67. The van der Waals surface area contributed by atoms with Gasteiger partial charge in [-0.05, 0) is 12.1 Å². The number of aromatic nitrogens is 2. The van der Waals surface area contributed by atoms with Crippen molar-refractivity contribution in [3.8, 4) is 5.69 Å². The Balaban J connectivity index is 2.17. The van der Waals surface area contributed by atoms with Crippen LogP contribution < -0.4 is 5.32 Å². The van der Waals surface area contributed by atoms with Crippen LogP contribution in [0.15, 0.2) is 36.9 Å². The Morgan fingerprint density at radius 3 is 2.81 bits per heavy atom. The molecule has 1 heterocycles. The third-order valence-electron chi connectivity index (χ3n) is 2.35. The Morgan fingerprint density at radius 2 is 2.19 bits per heavy atom. The van der Waals surface area contributed by atoms with Crippen LogP contribution in [0.3, 0.4) is 0 Å². The highest BCUT2D eigenvalue weighted by molar-refractivity contribution is 6.33. The lowest BCUT2D eigenvalue weighted by Crippen LogP contribution is -2.23. The number of imidazole rings is 1. The van der Waals surface area contributed by atoms with Crippen molar-refractivity contribution in [3.05, 3.63) is 41.9 Å². The number of nitrogens with one attached hydrogen (secondary N) is 1. The number of hydrogen-bond donors (Lipinski definition) is 1. The minimum absolute atomic E-state index is 0.202. The Labute approximate surface area is 122 Å². The van der Waals surface area contributed by atoms with Gasteiger partial charge in [0.25, 0.3) is 0 Å². The third kappa shape index (κ3) is 4.12. The molecule has 0 unspecified atom stereocenters. The zero-order chi connectivity index (χ0) is 15.5. The minimum atomic E-state index is -4.58. The van der Waals surface area contributed by atoms with Crippen LogP contribution in [-0.4, -0.2) is 28.4 Å². The van der Waals surface area contributed by atoms with E-state index in [2.05, 4.69) is 15.0 Å². The topological polar surface area (TPSA) is 56.2 Å². The van der Waals surface area contributed by atoms with Gasteiger partial charge in [-0.25, -0.2) is 9.78 Å². The van der Waals surface area contributed by atoms with Crippen LogP contribution in [-0.2, 0) is 4.74 Å². The number of para-hydroxylation sites is 1. The molecule has 0 atom stereocenters. The molecule has 0 aliphatic carbocycles. The van der Waals surface area contributed by atoms with Crippen LogP contribution in [0.2, 0.25) is 5.02 Å². The number of nitrogens with zero attached hydrogens (tertiary/aromatic N) is 2. The molecular formula is C12H9ClF3N3O2. The predicted molar refractivity (Wildman–Crippen MR) is 69.6 cm³/mol. The van der Waals surface area contributed by atoms with Crippen molar-refractivity contribution in [2.24, 2.45) is 0 Å². The first-order chi connectivity index (χ1) is 9.87. The van der Waals surface area contributed by atoms with E-state index in [1.54, 1.807) is 18.3 Å². The summed E-state index contributed by atoms with van der Waals surface area (Å²) >= 11 is 6.03. The van der Waals surface area contributed by atoms with Crippen molar-refractivity contribution in [1.82, 2.24) is 9.55 Å². The van der Waals surface area contributed by atoms with Crippen molar-refractivity contribution in [2.45, 2.75) is 6.18 Å². The predicted octanol–water partition coefficient (Wildman–Crippen LogP) is 3.64. The van der Waals surface area contributed by atoms with Crippen LogP contribution in [0, 0.1) is 0 Å². The van der Waals surface area contributed by atoms with E-state index in [0.717, 1.165) is 0 Å². The number of anilines is 1. The summed E-state index contributed by atoms with van der Waals surface area (Å²) < 4.78 is 41.5. The molecule has 1 aromatic heterocycles. The normalized spacial score (nSPS) is 11.2. The van der Waals surface area contributed by atoms with Gasteiger partial charge in [-0.15, -0.1) is 0 Å². The number of hydrogen-bond acceptors (Lipinski definition) is 3. The zero-order valence-corrected chi connectivity index (χ0v) is 11.1. The molecule has 1 amide bonds. The Bertz CT molecular complexity index is 629. The number of amides is 1. The minimum Gasteiger partial charge on any atom is -0.440 e. The molecule has 0 bridgehead atoms. The Kier molecular flexibility index (Phi) is 4.37. The molecule has 0 saturated carbocycles. The second kappa shape index (κ2) is 6.04. The van der Waals surface area contributed by atoms with E-state index in [-0.39, 0.29) is 5.69 Å². The fourth-order valence-corrected chi connectivity index (χ4v) is 1.84. The number of carbonyl (C=O) groups is 1. The van der Waals surface area contributed by atoms with Crippen molar-refractivity contribution in [3.63, 3.8) is 0 Å². The van der Waals surface area contributed by atoms with Crippen LogP contribution in [0.25, 0.3) is 5.69 Å². The highest BCUT2D eigenvalue weighted by atomic mass is 35.5. The fourth-order valence-electron chi connectivity index (χ4n) is 1.56. The summed E-state index contributed by atoms with van der Waals surface area (Å²) in [7, 11) is 0. The van der Waals surface area contributed by atoms with Gasteiger partial charge in [0.05, 0.1) is 22.7 Å². The molecule has 9 heteroatoms. The Hall–Kier alpha value is -2.22. The first-order valence-electron chi connectivity index (χ1n) is 5.64. The van der Waals surface area contributed by atoms with E-state index < -0.39 is 18.9 Å². The number of ether oxygens (including phenoxy) is 1. The molecule has 0 fully saturated rings. The summed E-state index contributed by atoms with van der Waals surface area (Å²) in [4.78, 5) is 15.2. The molecule has 0 aliphatic heterocycles. The smallest absolute Gasteiger partial charge is 0.422 e. The number of carbonyl (C=O) groups excluding carboxylic acids is 1. The lowest BCUT2D eigenvalue weighted by Gasteiger charge is -2.14. The van der Waals surface area contributed by atoms with E-state index in [0.29, 0.717) is 10.7 Å². The van der Waals surface area contributed by atoms with Gasteiger partial charge in [0.1, 0.15) is 0 Å². The van der Waals surface area contributed by atoms with Gasteiger partial charge in [-0.1, -0.05) is 17.7 Å². The van der Waals surface area contributed by atoms with E-state index in [9.17, 15) is 18.0 Å². The van der Waals surface area contributed by atoms with E-state index >= 15 is 0 Å². The Morgan fingerprint density at radius 1 is 1.43 bits per heavy atom. The van der Waals surface area contributed by atoms with Crippen molar-refractivity contribution in [2.75, 3.05) is 11.9 Å². The van der Waals surface area contributed by atoms with Gasteiger partial charge >= 0.3 is 12.3 Å². The summed E-state index contributed by atoms with van der Waals surface area (Å²) in [5.41, 5.74) is 0.577. The second-order valence-electron chi connectivity index (χ2n) is 3.92. The molecule has 2 rings (SSSR count). The largest absolute Gasteiger partial charge is 0.440 e. The lowest BCUT2D eigenvalue weighted by molar-refractivity contribution is -0.159. The third-order valence-corrected chi connectivity index (χ3v) is 2.66. The summed E-state index contributed by atoms with van der Waals surface area (Å²) in [5.74, 6) is 0. The van der Waals surface area contributed by atoms with E-state index in [1.165, 1.54) is 23.2 Å². The molecule has 0 spiro atoms. The molecular weight excluding hydrogens is 311 g/mol. The fraction of sp³-hybridized carbons (Fsp3) is 0.167. The first-order valence-corrected chi connectivity index (χ1v) is 6.02. The maximum Gasteiger partial charge on any atom is 0.422 e. The average Bonchev–Trinajstić information content (AvgIpc) is 2.89. The van der Waals surface area contributed by atoms with E-state index in [1.807, 2.05) is 0 Å². The molecule has 0 aliphatic rings. The monoisotopic (exact) mass is 319 g/mol.